The summed E-state index contributed by atoms with van der Waals surface area (Å²) < 4.78 is 25.9. The molecule has 0 aromatic heterocycles. The molecule has 0 bridgehead atoms. The molecule has 0 radical (unpaired) electrons. The molecule has 7 heteroatoms. The molecule has 5 N–H and O–H groups in total. The number of benzene rings is 2. The highest BCUT2D eigenvalue weighted by molar-refractivity contribution is 5.75. The lowest BCUT2D eigenvalue weighted by atomic mass is 10.0. The minimum absolute atomic E-state index is 0.289. The number of nitriles is 1. The third-order valence-corrected chi connectivity index (χ3v) is 3.69. The number of nitrogens with two attached hydrogens (primary N) is 2. The van der Waals surface area contributed by atoms with Crippen molar-refractivity contribution in [3.8, 4) is 6.07 Å². The maximum atomic E-state index is 13.0. The normalized spacial score (nSPS) is 12.4. The van der Waals surface area contributed by atoms with E-state index in [1.807, 2.05) is 6.07 Å². The average molecular weight is 347 g/mol. The fourth-order valence-electron chi connectivity index (χ4n) is 2.12. The van der Waals surface area contributed by atoms with Gasteiger partial charge in [-0.1, -0.05) is 24.3 Å². The fraction of sp³-hybridized carbons (Fsp3) is 0.222. The van der Waals surface area contributed by atoms with E-state index in [4.69, 9.17) is 21.8 Å². The molecule has 25 heavy (non-hydrogen) atoms. The van der Waals surface area contributed by atoms with Gasteiger partial charge in [0.2, 0.25) is 0 Å². The smallest absolute Gasteiger partial charge is 0.325 e. The molecule has 2 aromatic carbocycles. The SMILES string of the molecule is Cc1c(F)cccc1C(N)C#N.Cc1c(F)cccc1C(N)C(=O)O. The molecule has 0 aliphatic heterocycles. The van der Waals surface area contributed by atoms with Gasteiger partial charge in [-0.05, 0) is 48.2 Å². The number of carbonyl (C=O) groups is 1. The van der Waals surface area contributed by atoms with Crippen LogP contribution in [0.5, 0.6) is 0 Å². The van der Waals surface area contributed by atoms with Crippen LogP contribution < -0.4 is 11.5 Å². The third-order valence-electron chi connectivity index (χ3n) is 3.69. The van der Waals surface area contributed by atoms with Gasteiger partial charge < -0.3 is 16.6 Å². The van der Waals surface area contributed by atoms with Gasteiger partial charge in [-0.2, -0.15) is 5.26 Å². The third kappa shape index (κ3) is 5.08. The Hall–Kier alpha value is -2.82. The lowest BCUT2D eigenvalue weighted by molar-refractivity contribution is -0.138. The Morgan fingerprint density at radius 2 is 1.48 bits per heavy atom. The van der Waals surface area contributed by atoms with E-state index >= 15 is 0 Å². The summed E-state index contributed by atoms with van der Waals surface area (Å²) in [6.45, 7) is 3.12. The van der Waals surface area contributed by atoms with E-state index in [1.54, 1.807) is 19.1 Å². The molecule has 0 heterocycles. The van der Waals surface area contributed by atoms with Crippen LogP contribution in [0.4, 0.5) is 8.78 Å². The Labute approximate surface area is 144 Å². The lowest BCUT2D eigenvalue weighted by Crippen LogP contribution is -2.21. The van der Waals surface area contributed by atoms with Gasteiger partial charge in [-0.3, -0.25) is 4.79 Å². The molecule has 0 amide bonds. The number of carboxylic acid groups (broad SMARTS) is 1. The van der Waals surface area contributed by atoms with Crippen LogP contribution in [0.2, 0.25) is 0 Å². The van der Waals surface area contributed by atoms with Crippen molar-refractivity contribution in [2.45, 2.75) is 25.9 Å². The molecule has 132 valence electrons. The summed E-state index contributed by atoms with van der Waals surface area (Å²) in [5.41, 5.74) is 12.4. The number of hydrogen-bond donors (Lipinski definition) is 3. The van der Waals surface area contributed by atoms with E-state index in [1.165, 1.54) is 31.2 Å². The summed E-state index contributed by atoms with van der Waals surface area (Å²) in [5.74, 6) is -1.92. The van der Waals surface area contributed by atoms with Crippen molar-refractivity contribution in [3.05, 3.63) is 70.3 Å². The number of hydrogen-bond acceptors (Lipinski definition) is 4. The summed E-state index contributed by atoms with van der Waals surface area (Å²) in [6, 6.07) is 8.76. The first-order chi connectivity index (χ1) is 11.7. The number of rotatable bonds is 3. The zero-order chi connectivity index (χ0) is 19.1. The highest BCUT2D eigenvalue weighted by Crippen LogP contribution is 2.18. The second kappa shape index (κ2) is 8.87. The predicted octanol–water partition coefficient (Wildman–Crippen LogP) is 2.88. The van der Waals surface area contributed by atoms with E-state index in [9.17, 15) is 13.6 Å². The molecular formula is C18H19F2N3O2. The molecule has 0 saturated carbocycles. The van der Waals surface area contributed by atoms with Gasteiger partial charge in [0.05, 0.1) is 6.07 Å². The van der Waals surface area contributed by atoms with Gasteiger partial charge in [-0.25, -0.2) is 8.78 Å². The zero-order valence-corrected chi connectivity index (χ0v) is 13.8. The van der Waals surface area contributed by atoms with Crippen molar-refractivity contribution in [2.75, 3.05) is 0 Å². The average Bonchev–Trinajstić information content (AvgIpc) is 2.59. The van der Waals surface area contributed by atoms with Crippen molar-refractivity contribution < 1.29 is 18.7 Å². The Balaban J connectivity index is 0.000000251. The second-order valence-corrected chi connectivity index (χ2v) is 5.33. The summed E-state index contributed by atoms with van der Waals surface area (Å²) >= 11 is 0. The topological polar surface area (TPSA) is 113 Å². The van der Waals surface area contributed by atoms with Crippen LogP contribution in [0.15, 0.2) is 36.4 Å². The highest BCUT2D eigenvalue weighted by Gasteiger charge is 2.17. The van der Waals surface area contributed by atoms with E-state index in [2.05, 4.69) is 0 Å². The van der Waals surface area contributed by atoms with E-state index in [0.717, 1.165) is 0 Å². The summed E-state index contributed by atoms with van der Waals surface area (Å²) in [4.78, 5) is 10.5. The molecular weight excluding hydrogens is 328 g/mol. The molecule has 0 saturated heterocycles. The lowest BCUT2D eigenvalue weighted by Gasteiger charge is -2.10. The van der Waals surface area contributed by atoms with E-state index < -0.39 is 23.9 Å². The molecule has 0 fully saturated rings. The molecule has 0 aliphatic rings. The van der Waals surface area contributed by atoms with Crippen LogP contribution in [0, 0.1) is 36.8 Å². The second-order valence-electron chi connectivity index (χ2n) is 5.33. The Kier molecular flexibility index (Phi) is 7.18. The Morgan fingerprint density at radius 3 is 1.92 bits per heavy atom. The Morgan fingerprint density at radius 1 is 1.04 bits per heavy atom. The van der Waals surface area contributed by atoms with Crippen LogP contribution >= 0.6 is 0 Å². The van der Waals surface area contributed by atoms with Crippen molar-refractivity contribution >= 4 is 5.97 Å². The van der Waals surface area contributed by atoms with Crippen molar-refractivity contribution in [2.24, 2.45) is 11.5 Å². The summed E-state index contributed by atoms with van der Waals surface area (Å²) in [5, 5.41) is 17.1. The van der Waals surface area contributed by atoms with Gasteiger partial charge in [0, 0.05) is 0 Å². The fourth-order valence-corrected chi connectivity index (χ4v) is 2.12. The van der Waals surface area contributed by atoms with E-state index in [-0.39, 0.29) is 11.4 Å². The highest BCUT2D eigenvalue weighted by atomic mass is 19.1. The van der Waals surface area contributed by atoms with Gasteiger partial charge in [0.25, 0.3) is 0 Å². The van der Waals surface area contributed by atoms with Gasteiger partial charge in [0.1, 0.15) is 23.7 Å². The summed E-state index contributed by atoms with van der Waals surface area (Å²) in [7, 11) is 0. The first-order valence-electron chi connectivity index (χ1n) is 7.34. The Bertz CT molecular complexity index is 803. The van der Waals surface area contributed by atoms with Gasteiger partial charge in [-0.15, -0.1) is 0 Å². The largest absolute Gasteiger partial charge is 0.480 e. The van der Waals surface area contributed by atoms with Crippen LogP contribution in [0.1, 0.15) is 34.3 Å². The quantitative estimate of drug-likeness (QED) is 0.790. The minimum Gasteiger partial charge on any atom is -0.480 e. The van der Waals surface area contributed by atoms with E-state index in [0.29, 0.717) is 16.7 Å². The van der Waals surface area contributed by atoms with Crippen LogP contribution in [-0.2, 0) is 4.79 Å². The minimum atomic E-state index is -1.16. The van der Waals surface area contributed by atoms with Crippen LogP contribution in [-0.4, -0.2) is 11.1 Å². The van der Waals surface area contributed by atoms with Gasteiger partial charge in [0.15, 0.2) is 0 Å². The molecule has 2 unspecified atom stereocenters. The standard InChI is InChI=1S/C9H9FN2.C9H10FNO2/c1-6-7(9(12)5-11)3-2-4-8(6)10;1-5-6(8(11)9(12)13)3-2-4-7(5)10/h2-4,9H,12H2,1H3;2-4,8H,11H2,1H3,(H,12,13). The maximum Gasteiger partial charge on any atom is 0.325 e. The molecule has 5 nitrogen and oxygen atoms in total. The number of carboxylic acids is 1. The predicted molar refractivity (Wildman–Crippen MR) is 89.4 cm³/mol. The van der Waals surface area contributed by atoms with Gasteiger partial charge >= 0.3 is 5.97 Å². The van der Waals surface area contributed by atoms with Crippen LogP contribution in [0.3, 0.4) is 0 Å². The molecule has 0 spiro atoms. The van der Waals surface area contributed by atoms with Crippen molar-refractivity contribution in [3.63, 3.8) is 0 Å². The first-order valence-corrected chi connectivity index (χ1v) is 7.34. The molecule has 2 aromatic rings. The molecule has 0 aliphatic carbocycles. The first kappa shape index (κ1) is 20.2. The van der Waals surface area contributed by atoms with Crippen molar-refractivity contribution in [1.82, 2.24) is 0 Å². The number of nitrogens with zero attached hydrogens (tertiary/aromatic N) is 1. The molecule has 2 atom stereocenters. The maximum absolute atomic E-state index is 13.0. The number of aliphatic carboxylic acids is 1. The van der Waals surface area contributed by atoms with Crippen molar-refractivity contribution in [1.29, 1.82) is 5.26 Å². The molecule has 2 rings (SSSR count). The monoisotopic (exact) mass is 347 g/mol. The summed E-state index contributed by atoms with van der Waals surface area (Å²) in [6.07, 6.45) is 0. The zero-order valence-electron chi connectivity index (χ0n) is 13.8. The number of halogens is 2. The van der Waals surface area contributed by atoms with Crippen LogP contribution in [0.25, 0.3) is 0 Å².